The van der Waals surface area contributed by atoms with Gasteiger partial charge in [-0.25, -0.2) is 4.98 Å². The molecular formula is C62H67N3O. The van der Waals surface area contributed by atoms with Gasteiger partial charge < -0.3 is 4.42 Å². The molecule has 9 aromatic rings. The van der Waals surface area contributed by atoms with Crippen molar-refractivity contribution in [1.82, 2.24) is 14.5 Å². The molecule has 0 aliphatic rings. The summed E-state index contributed by atoms with van der Waals surface area (Å²) in [5.74, 6) is 2.28. The van der Waals surface area contributed by atoms with Crippen LogP contribution in [0.1, 0.15) is 154 Å². The van der Waals surface area contributed by atoms with Crippen LogP contribution in [0.4, 0.5) is 0 Å². The molecule has 66 heavy (non-hydrogen) atoms. The van der Waals surface area contributed by atoms with Gasteiger partial charge in [0.2, 0.25) is 0 Å². The molecular weight excluding hydrogens is 803 g/mol. The van der Waals surface area contributed by atoms with Crippen molar-refractivity contribution in [1.29, 1.82) is 0 Å². The monoisotopic (exact) mass is 870 g/mol. The highest BCUT2D eigenvalue weighted by atomic mass is 16.3. The minimum absolute atomic E-state index is 0.00466. The van der Waals surface area contributed by atoms with Crippen LogP contribution in [-0.4, -0.2) is 14.5 Å². The summed E-state index contributed by atoms with van der Waals surface area (Å²) in [4.78, 5) is 10.6. The van der Waals surface area contributed by atoms with Crippen molar-refractivity contribution in [3.63, 3.8) is 0 Å². The first-order valence-corrected chi connectivity index (χ1v) is 24.2. The molecule has 0 saturated carbocycles. The van der Waals surface area contributed by atoms with Crippen molar-refractivity contribution >= 4 is 33.0 Å². The van der Waals surface area contributed by atoms with E-state index < -0.39 is 0 Å². The SMILES string of the molecule is CC(C)c1cc(-c2ccc(-c3cc(C(C)C)c(-n4c(-c5cccc6c5oc5cc(-c7cc(C(C)(C)C)cc(C(C)(C)C)c7)ncc56)nc5ccccc54)c(C(C)C)c3)cc2)cc(C(C)C)c1. The fraction of sp³-hybridized carbons (Fsp3) is 0.323. The zero-order valence-electron chi connectivity index (χ0n) is 41.7. The molecule has 0 unspecified atom stereocenters. The summed E-state index contributed by atoms with van der Waals surface area (Å²) in [5, 5.41) is 2.03. The minimum atomic E-state index is -0.00466. The Balaban J connectivity index is 1.20. The van der Waals surface area contributed by atoms with Crippen LogP contribution in [0, 0.1) is 0 Å². The molecule has 3 heterocycles. The van der Waals surface area contributed by atoms with Crippen LogP contribution in [0.2, 0.25) is 0 Å². The fourth-order valence-corrected chi connectivity index (χ4v) is 9.45. The number of para-hydroxylation sites is 3. The van der Waals surface area contributed by atoms with Gasteiger partial charge in [0.15, 0.2) is 0 Å². The molecule has 6 aromatic carbocycles. The number of aromatic nitrogens is 3. The summed E-state index contributed by atoms with van der Waals surface area (Å²) in [5.41, 5.74) is 20.7. The molecule has 0 spiro atoms. The van der Waals surface area contributed by atoms with Crippen LogP contribution < -0.4 is 0 Å². The van der Waals surface area contributed by atoms with Gasteiger partial charge in [-0.1, -0.05) is 170 Å². The number of hydrogen-bond acceptors (Lipinski definition) is 3. The van der Waals surface area contributed by atoms with Gasteiger partial charge in [-0.15, -0.1) is 0 Å². The summed E-state index contributed by atoms with van der Waals surface area (Å²) < 4.78 is 9.41. The van der Waals surface area contributed by atoms with Gasteiger partial charge in [-0.2, -0.15) is 0 Å². The summed E-state index contributed by atoms with van der Waals surface area (Å²) in [6.07, 6.45) is 1.99. The van der Waals surface area contributed by atoms with Crippen LogP contribution in [0.15, 0.2) is 132 Å². The lowest BCUT2D eigenvalue weighted by molar-refractivity contribution is 0.569. The van der Waals surface area contributed by atoms with Gasteiger partial charge in [0, 0.05) is 28.6 Å². The Morgan fingerprint density at radius 3 is 1.61 bits per heavy atom. The third kappa shape index (κ3) is 8.29. The van der Waals surface area contributed by atoms with E-state index in [0.29, 0.717) is 11.8 Å². The predicted octanol–water partition coefficient (Wildman–Crippen LogP) is 18.1. The van der Waals surface area contributed by atoms with E-state index in [0.717, 1.165) is 55.6 Å². The Labute approximate surface area is 393 Å². The molecule has 0 aliphatic heterocycles. The van der Waals surface area contributed by atoms with Crippen LogP contribution in [0.5, 0.6) is 0 Å². The molecule has 4 heteroatoms. The molecule has 0 radical (unpaired) electrons. The predicted molar refractivity (Wildman–Crippen MR) is 282 cm³/mol. The minimum Gasteiger partial charge on any atom is -0.455 e. The second-order valence-corrected chi connectivity index (χ2v) is 22.0. The van der Waals surface area contributed by atoms with E-state index >= 15 is 0 Å². The first kappa shape index (κ1) is 44.9. The number of hydrogen-bond donors (Lipinski definition) is 0. The first-order valence-electron chi connectivity index (χ1n) is 24.2. The Morgan fingerprint density at radius 1 is 0.500 bits per heavy atom. The van der Waals surface area contributed by atoms with Gasteiger partial charge in [0.1, 0.15) is 17.0 Å². The lowest BCUT2D eigenvalue weighted by Crippen LogP contribution is -2.16. The highest BCUT2D eigenvalue weighted by Crippen LogP contribution is 2.44. The smallest absolute Gasteiger partial charge is 0.149 e. The van der Waals surface area contributed by atoms with E-state index in [4.69, 9.17) is 14.4 Å². The van der Waals surface area contributed by atoms with Crippen LogP contribution in [-0.2, 0) is 10.8 Å². The molecule has 0 fully saturated rings. The number of pyridine rings is 1. The number of rotatable bonds is 9. The summed E-state index contributed by atoms with van der Waals surface area (Å²) in [6, 6.07) is 45.3. The van der Waals surface area contributed by atoms with E-state index in [1.807, 2.05) is 6.20 Å². The van der Waals surface area contributed by atoms with Gasteiger partial charge in [0.25, 0.3) is 0 Å². The summed E-state index contributed by atoms with van der Waals surface area (Å²) >= 11 is 0. The van der Waals surface area contributed by atoms with Crippen molar-refractivity contribution < 1.29 is 4.42 Å². The maximum atomic E-state index is 7.00. The molecule has 0 atom stereocenters. The standard InChI is InChI=1S/C62H67N3O/c1-36(2)42-26-43(37(3)4)28-44(27-42)40-22-24-41(25-23-40)45-31-51(38(5)6)58(52(32-45)39(7)8)65-56-21-16-15-20-54(56)64-60(65)50-19-17-18-49-53-35-63-55(34-57(53)66-59(49)50)46-29-47(61(9,10)11)33-48(30-46)62(12,13)14/h15-39H,1-14H3. The van der Waals surface area contributed by atoms with E-state index in [1.54, 1.807) is 0 Å². The van der Waals surface area contributed by atoms with Crippen molar-refractivity contribution in [3.8, 4) is 50.6 Å². The summed E-state index contributed by atoms with van der Waals surface area (Å²) in [6.45, 7) is 32.1. The lowest BCUT2D eigenvalue weighted by atomic mass is 9.79. The van der Waals surface area contributed by atoms with E-state index in [1.165, 1.54) is 61.3 Å². The number of furan rings is 1. The van der Waals surface area contributed by atoms with Crippen molar-refractivity contribution in [3.05, 3.63) is 161 Å². The topological polar surface area (TPSA) is 43.9 Å². The van der Waals surface area contributed by atoms with Gasteiger partial charge in [-0.05, 0) is 133 Å². The van der Waals surface area contributed by atoms with E-state index in [9.17, 15) is 0 Å². The molecule has 3 aromatic heterocycles. The number of imidazole rings is 1. The fourth-order valence-electron chi connectivity index (χ4n) is 9.45. The zero-order chi connectivity index (χ0) is 47.0. The van der Waals surface area contributed by atoms with Crippen molar-refractivity contribution in [2.75, 3.05) is 0 Å². The van der Waals surface area contributed by atoms with Crippen molar-refractivity contribution in [2.24, 2.45) is 0 Å². The van der Waals surface area contributed by atoms with Crippen LogP contribution in [0.25, 0.3) is 83.6 Å². The third-order valence-electron chi connectivity index (χ3n) is 13.6. The second kappa shape index (κ2) is 16.9. The number of nitrogens with zero attached hydrogens (tertiary/aromatic N) is 3. The second-order valence-electron chi connectivity index (χ2n) is 22.0. The first-order chi connectivity index (χ1) is 31.3. The molecule has 4 nitrogen and oxygen atoms in total. The van der Waals surface area contributed by atoms with Gasteiger partial charge in [-0.3, -0.25) is 9.55 Å². The Morgan fingerprint density at radius 2 is 1.06 bits per heavy atom. The lowest BCUT2D eigenvalue weighted by Gasteiger charge is -2.26. The normalized spacial score (nSPS) is 12.6. The number of benzene rings is 6. The maximum absolute atomic E-state index is 7.00. The summed E-state index contributed by atoms with van der Waals surface area (Å²) in [7, 11) is 0. The largest absolute Gasteiger partial charge is 0.455 e. The molecule has 0 amide bonds. The van der Waals surface area contributed by atoms with Gasteiger partial charge >= 0.3 is 0 Å². The van der Waals surface area contributed by atoms with Crippen molar-refractivity contribution in [2.45, 2.75) is 131 Å². The van der Waals surface area contributed by atoms with E-state index in [2.05, 4.69) is 223 Å². The van der Waals surface area contributed by atoms with E-state index in [-0.39, 0.29) is 22.7 Å². The quantitative estimate of drug-likeness (QED) is 0.145. The van der Waals surface area contributed by atoms with Crippen LogP contribution in [0.3, 0.4) is 0 Å². The Bertz CT molecular complexity index is 3180. The Hall–Kier alpha value is -6.26. The molecule has 0 saturated heterocycles. The maximum Gasteiger partial charge on any atom is 0.149 e. The van der Waals surface area contributed by atoms with Gasteiger partial charge in [0.05, 0.1) is 28.0 Å². The molecule has 0 aliphatic carbocycles. The molecule has 336 valence electrons. The third-order valence-corrected chi connectivity index (χ3v) is 13.6. The number of fused-ring (bicyclic) bond motifs is 4. The Kier molecular flexibility index (Phi) is 11.5. The average molecular weight is 870 g/mol. The molecule has 0 N–H and O–H groups in total. The molecule has 9 rings (SSSR count). The van der Waals surface area contributed by atoms with Crippen LogP contribution >= 0.6 is 0 Å². The molecule has 0 bridgehead atoms. The average Bonchev–Trinajstić information content (AvgIpc) is 3.86. The highest BCUT2D eigenvalue weighted by molar-refractivity contribution is 6.10. The highest BCUT2D eigenvalue weighted by Gasteiger charge is 2.27. The zero-order valence-corrected chi connectivity index (χ0v) is 41.7.